The molecule has 0 bridgehead atoms. The molecule has 1 heterocycles. The van der Waals surface area contributed by atoms with Gasteiger partial charge in [-0.15, -0.1) is 0 Å². The fourth-order valence-electron chi connectivity index (χ4n) is 2.04. The molecule has 5 nitrogen and oxygen atoms in total. The number of benzene rings is 2. The van der Waals surface area contributed by atoms with Crippen molar-refractivity contribution < 1.29 is 14.0 Å². The summed E-state index contributed by atoms with van der Waals surface area (Å²) < 4.78 is 14.1. The summed E-state index contributed by atoms with van der Waals surface area (Å²) in [5.41, 5.74) is 2.00. The molecule has 0 aliphatic rings. The van der Waals surface area contributed by atoms with E-state index < -0.39 is 0 Å². The molecule has 3 aromatic rings. The van der Waals surface area contributed by atoms with Crippen molar-refractivity contribution in [3.8, 4) is 22.9 Å². The fourth-order valence-corrected chi connectivity index (χ4v) is 2.04. The van der Waals surface area contributed by atoms with Gasteiger partial charge in [0.05, 0.1) is 14.2 Å². The third-order valence-corrected chi connectivity index (χ3v) is 3.24. The van der Waals surface area contributed by atoms with Crippen molar-refractivity contribution in [3.63, 3.8) is 0 Å². The maximum absolute atomic E-state index is 5.16. The molecular weight excluding hydrogens is 266 g/mol. The standard InChI is InChI=1S/C16H16N3O2/c1-20-15-7-3-13(4-8-15)18-11-17-19(12-18)14-5-9-16(21-2)10-6-14/h3-12H,1-2H3/q+1. The third-order valence-electron chi connectivity index (χ3n) is 3.24. The van der Waals surface area contributed by atoms with Crippen LogP contribution in [0.3, 0.4) is 0 Å². The SMILES string of the molecule is COc1ccc(-n2c[n+](-c3ccc(OC)cc3)cn2)cc1. The lowest BCUT2D eigenvalue weighted by Gasteiger charge is -2.00. The van der Waals surface area contributed by atoms with E-state index in [1.54, 1.807) is 20.5 Å². The topological polar surface area (TPSA) is 40.2 Å². The van der Waals surface area contributed by atoms with Crippen LogP contribution in [-0.2, 0) is 0 Å². The van der Waals surface area contributed by atoms with Gasteiger partial charge in [-0.3, -0.25) is 0 Å². The Bertz CT molecular complexity index is 656. The van der Waals surface area contributed by atoms with E-state index in [2.05, 4.69) is 5.10 Å². The lowest BCUT2D eigenvalue weighted by molar-refractivity contribution is -0.596. The number of aromatic nitrogens is 3. The van der Waals surface area contributed by atoms with E-state index in [9.17, 15) is 0 Å². The Hall–Kier alpha value is -2.82. The second-order valence-electron chi connectivity index (χ2n) is 4.49. The van der Waals surface area contributed by atoms with E-state index >= 15 is 0 Å². The van der Waals surface area contributed by atoms with E-state index in [1.807, 2.05) is 64.1 Å². The van der Waals surface area contributed by atoms with Crippen LogP contribution in [0.25, 0.3) is 11.4 Å². The molecule has 106 valence electrons. The first-order valence-electron chi connectivity index (χ1n) is 6.55. The number of hydrogen-bond acceptors (Lipinski definition) is 3. The molecule has 5 heteroatoms. The van der Waals surface area contributed by atoms with Gasteiger partial charge < -0.3 is 9.47 Å². The number of ether oxygens (including phenoxy) is 2. The molecule has 3 rings (SSSR count). The minimum Gasteiger partial charge on any atom is -0.497 e. The number of methoxy groups -OCH3 is 2. The molecule has 0 aliphatic carbocycles. The van der Waals surface area contributed by atoms with Gasteiger partial charge >= 0.3 is 0 Å². The molecule has 1 aromatic heterocycles. The fraction of sp³-hybridized carbons (Fsp3) is 0.125. The number of hydrogen-bond donors (Lipinski definition) is 0. The summed E-state index contributed by atoms with van der Waals surface area (Å²) >= 11 is 0. The largest absolute Gasteiger partial charge is 0.497 e. The maximum atomic E-state index is 5.16. The molecule has 0 saturated carbocycles. The average Bonchev–Trinajstić information content (AvgIpc) is 3.05. The van der Waals surface area contributed by atoms with Gasteiger partial charge in [-0.05, 0) is 48.5 Å². The molecule has 0 amide bonds. The van der Waals surface area contributed by atoms with Gasteiger partial charge in [0.25, 0.3) is 6.33 Å². The monoisotopic (exact) mass is 282 g/mol. The van der Waals surface area contributed by atoms with Crippen molar-refractivity contribution in [2.24, 2.45) is 0 Å². The first kappa shape index (κ1) is 13.2. The number of rotatable bonds is 4. The van der Waals surface area contributed by atoms with Crippen molar-refractivity contribution in [1.82, 2.24) is 9.78 Å². The van der Waals surface area contributed by atoms with Crippen molar-refractivity contribution in [2.45, 2.75) is 0 Å². The highest BCUT2D eigenvalue weighted by molar-refractivity contribution is 5.36. The van der Waals surface area contributed by atoms with Gasteiger partial charge in [-0.25, -0.2) is 4.57 Å². The Labute approximate surface area is 123 Å². The van der Waals surface area contributed by atoms with Crippen molar-refractivity contribution in [2.75, 3.05) is 14.2 Å². The van der Waals surface area contributed by atoms with Crippen LogP contribution in [0, 0.1) is 0 Å². The van der Waals surface area contributed by atoms with Gasteiger partial charge in [0.2, 0.25) is 6.33 Å². The molecule has 0 radical (unpaired) electrons. The van der Waals surface area contributed by atoms with Crippen LogP contribution in [0.15, 0.2) is 61.2 Å². The van der Waals surface area contributed by atoms with Crippen molar-refractivity contribution in [1.29, 1.82) is 0 Å². The van der Waals surface area contributed by atoms with Gasteiger partial charge in [0, 0.05) is 5.10 Å². The summed E-state index contributed by atoms with van der Waals surface area (Å²) in [4.78, 5) is 0. The van der Waals surface area contributed by atoms with Crippen LogP contribution in [0.5, 0.6) is 11.5 Å². The number of nitrogens with zero attached hydrogens (tertiary/aromatic N) is 3. The van der Waals surface area contributed by atoms with Crippen molar-refractivity contribution >= 4 is 0 Å². The Kier molecular flexibility index (Phi) is 3.55. The van der Waals surface area contributed by atoms with E-state index in [1.165, 1.54) is 0 Å². The van der Waals surface area contributed by atoms with Gasteiger partial charge in [0.15, 0.2) is 0 Å². The lowest BCUT2D eigenvalue weighted by Crippen LogP contribution is -2.27. The molecular formula is C16H16N3O2+. The molecule has 0 unspecified atom stereocenters. The molecule has 0 saturated heterocycles. The van der Waals surface area contributed by atoms with Crippen LogP contribution in [0.2, 0.25) is 0 Å². The summed E-state index contributed by atoms with van der Waals surface area (Å²) in [6.07, 6.45) is 3.69. The molecule has 0 fully saturated rings. The molecule has 0 atom stereocenters. The average molecular weight is 282 g/mol. The zero-order valence-electron chi connectivity index (χ0n) is 11.9. The molecule has 0 spiro atoms. The summed E-state index contributed by atoms with van der Waals surface area (Å²) in [5.74, 6) is 1.66. The highest BCUT2D eigenvalue weighted by Crippen LogP contribution is 2.14. The highest BCUT2D eigenvalue weighted by Gasteiger charge is 2.10. The normalized spacial score (nSPS) is 10.4. The third kappa shape index (κ3) is 2.72. The lowest BCUT2D eigenvalue weighted by atomic mass is 10.3. The van der Waals surface area contributed by atoms with Crippen LogP contribution < -0.4 is 14.0 Å². The second kappa shape index (κ2) is 5.66. The minimum absolute atomic E-state index is 0.828. The first-order chi connectivity index (χ1) is 10.3. The summed E-state index contributed by atoms with van der Waals surface area (Å²) in [5, 5.41) is 4.37. The Morgan fingerprint density at radius 3 is 2.00 bits per heavy atom. The maximum Gasteiger partial charge on any atom is 0.270 e. The van der Waals surface area contributed by atoms with Crippen LogP contribution in [-0.4, -0.2) is 24.0 Å². The van der Waals surface area contributed by atoms with E-state index in [4.69, 9.17) is 9.47 Å². The Balaban J connectivity index is 1.87. The summed E-state index contributed by atoms with van der Waals surface area (Å²) in [6.45, 7) is 0. The van der Waals surface area contributed by atoms with Crippen LogP contribution in [0.1, 0.15) is 0 Å². The van der Waals surface area contributed by atoms with Gasteiger partial charge in [-0.1, -0.05) is 4.68 Å². The van der Waals surface area contributed by atoms with Gasteiger partial charge in [0.1, 0.15) is 22.9 Å². The molecule has 2 aromatic carbocycles. The van der Waals surface area contributed by atoms with Crippen molar-refractivity contribution in [3.05, 3.63) is 61.2 Å². The van der Waals surface area contributed by atoms with E-state index in [-0.39, 0.29) is 0 Å². The predicted molar refractivity (Wildman–Crippen MR) is 78.2 cm³/mol. The summed E-state index contributed by atoms with van der Waals surface area (Å²) in [7, 11) is 3.31. The van der Waals surface area contributed by atoms with Crippen LogP contribution in [0.4, 0.5) is 0 Å². The van der Waals surface area contributed by atoms with E-state index in [0.29, 0.717) is 0 Å². The molecule has 0 aliphatic heterocycles. The van der Waals surface area contributed by atoms with E-state index in [0.717, 1.165) is 22.9 Å². The first-order valence-corrected chi connectivity index (χ1v) is 6.55. The molecule has 0 N–H and O–H groups in total. The highest BCUT2D eigenvalue weighted by atomic mass is 16.5. The second-order valence-corrected chi connectivity index (χ2v) is 4.49. The summed E-state index contributed by atoms with van der Waals surface area (Å²) in [6, 6.07) is 15.6. The minimum atomic E-state index is 0.828. The zero-order chi connectivity index (χ0) is 14.7. The quantitative estimate of drug-likeness (QED) is 0.689. The Morgan fingerprint density at radius 1 is 0.857 bits per heavy atom. The Morgan fingerprint density at radius 2 is 1.43 bits per heavy atom. The predicted octanol–water partition coefficient (Wildman–Crippen LogP) is 2.17. The molecule has 21 heavy (non-hydrogen) atoms. The van der Waals surface area contributed by atoms with Crippen LogP contribution >= 0.6 is 0 Å². The zero-order valence-corrected chi connectivity index (χ0v) is 11.9. The smallest absolute Gasteiger partial charge is 0.270 e. The van der Waals surface area contributed by atoms with Gasteiger partial charge in [-0.2, -0.15) is 0 Å².